The Balaban J connectivity index is 2.18. The molecule has 0 spiro atoms. The lowest BCUT2D eigenvalue weighted by atomic mass is 9.97. The molecule has 5 nitrogen and oxygen atoms in total. The molecule has 18 heavy (non-hydrogen) atoms. The van der Waals surface area contributed by atoms with Gasteiger partial charge in [-0.3, -0.25) is 0 Å². The summed E-state index contributed by atoms with van der Waals surface area (Å²) in [5, 5.41) is 12.4. The van der Waals surface area contributed by atoms with Crippen LogP contribution in [-0.4, -0.2) is 42.7 Å². The number of pyridine rings is 1. The number of aromatic nitrogens is 1. The summed E-state index contributed by atoms with van der Waals surface area (Å²) in [6.07, 6.45) is 3.93. The molecule has 0 amide bonds. The van der Waals surface area contributed by atoms with E-state index in [-0.39, 0.29) is 0 Å². The molecule has 1 atom stereocenters. The van der Waals surface area contributed by atoms with E-state index in [1.54, 1.807) is 18.3 Å². The number of nitrogens with zero attached hydrogens (tertiary/aromatic N) is 2. The van der Waals surface area contributed by atoms with Crippen LogP contribution in [-0.2, 0) is 0 Å². The summed E-state index contributed by atoms with van der Waals surface area (Å²) in [5.74, 6) is 0.257. The van der Waals surface area contributed by atoms with Crippen LogP contribution in [0.3, 0.4) is 0 Å². The quantitative estimate of drug-likeness (QED) is 0.840. The average molecular weight is 249 g/mol. The zero-order chi connectivity index (χ0) is 13.0. The number of hydrogen-bond donors (Lipinski definition) is 2. The van der Waals surface area contributed by atoms with Crippen molar-refractivity contribution in [2.24, 2.45) is 5.92 Å². The van der Waals surface area contributed by atoms with E-state index in [2.05, 4.69) is 15.2 Å². The fourth-order valence-electron chi connectivity index (χ4n) is 2.53. The van der Waals surface area contributed by atoms with Gasteiger partial charge in [0.25, 0.3) is 0 Å². The molecule has 98 valence electrons. The Morgan fingerprint density at radius 2 is 2.50 bits per heavy atom. The Morgan fingerprint density at radius 3 is 3.22 bits per heavy atom. The summed E-state index contributed by atoms with van der Waals surface area (Å²) in [6, 6.07) is 3.29. The molecule has 0 bridgehead atoms. The second-order valence-electron chi connectivity index (χ2n) is 4.69. The van der Waals surface area contributed by atoms with Crippen molar-refractivity contribution in [2.75, 3.05) is 31.6 Å². The number of carboxylic acids is 1. The summed E-state index contributed by atoms with van der Waals surface area (Å²) in [6.45, 7) is 2.72. The van der Waals surface area contributed by atoms with Gasteiger partial charge >= 0.3 is 5.97 Å². The van der Waals surface area contributed by atoms with Gasteiger partial charge in [-0.15, -0.1) is 0 Å². The summed E-state index contributed by atoms with van der Waals surface area (Å²) in [7, 11) is 1.95. The Kier molecular flexibility index (Phi) is 4.15. The highest BCUT2D eigenvalue weighted by Gasteiger charge is 2.23. The molecule has 1 fully saturated rings. The molecule has 0 radical (unpaired) electrons. The molecule has 1 aliphatic heterocycles. The molecule has 1 saturated heterocycles. The van der Waals surface area contributed by atoms with Crippen LogP contribution in [0.15, 0.2) is 18.3 Å². The third-order valence-electron chi connectivity index (χ3n) is 3.33. The molecular weight excluding hydrogens is 230 g/mol. The van der Waals surface area contributed by atoms with E-state index in [0.717, 1.165) is 26.1 Å². The summed E-state index contributed by atoms with van der Waals surface area (Å²) < 4.78 is 0. The Hall–Kier alpha value is -1.62. The van der Waals surface area contributed by atoms with Crippen LogP contribution in [0, 0.1) is 5.92 Å². The van der Waals surface area contributed by atoms with Gasteiger partial charge in [-0.25, -0.2) is 9.78 Å². The zero-order valence-electron chi connectivity index (χ0n) is 10.6. The van der Waals surface area contributed by atoms with E-state index < -0.39 is 5.97 Å². The first-order valence-corrected chi connectivity index (χ1v) is 6.30. The molecule has 1 aromatic heterocycles. The van der Waals surface area contributed by atoms with Gasteiger partial charge in [0.2, 0.25) is 0 Å². The molecule has 1 unspecified atom stereocenters. The number of rotatable bonds is 4. The molecule has 0 aromatic carbocycles. The maximum Gasteiger partial charge on any atom is 0.339 e. The zero-order valence-corrected chi connectivity index (χ0v) is 10.6. The second-order valence-corrected chi connectivity index (χ2v) is 4.69. The molecule has 2 heterocycles. The van der Waals surface area contributed by atoms with Crippen molar-refractivity contribution in [3.05, 3.63) is 23.9 Å². The van der Waals surface area contributed by atoms with E-state index in [1.807, 2.05) is 7.05 Å². The van der Waals surface area contributed by atoms with Crippen LogP contribution in [0.4, 0.5) is 5.82 Å². The molecule has 0 saturated carbocycles. The van der Waals surface area contributed by atoms with Gasteiger partial charge in [0.05, 0.1) is 0 Å². The fraction of sp³-hybridized carbons (Fsp3) is 0.538. The van der Waals surface area contributed by atoms with Crippen LogP contribution in [0.2, 0.25) is 0 Å². The molecule has 2 N–H and O–H groups in total. The normalized spacial score (nSPS) is 19.8. The van der Waals surface area contributed by atoms with Gasteiger partial charge in [0, 0.05) is 19.3 Å². The van der Waals surface area contributed by atoms with Crippen LogP contribution in [0.1, 0.15) is 23.2 Å². The minimum atomic E-state index is -0.908. The highest BCUT2D eigenvalue weighted by molar-refractivity contribution is 5.93. The minimum absolute atomic E-state index is 0.294. The van der Waals surface area contributed by atoms with Gasteiger partial charge in [0.1, 0.15) is 11.4 Å². The number of hydrogen-bond acceptors (Lipinski definition) is 4. The number of nitrogens with one attached hydrogen (secondary N) is 1. The SMILES string of the molecule is CNCC1CCCN(c2ncccc2C(=O)O)C1. The first-order chi connectivity index (χ1) is 8.72. The maximum absolute atomic E-state index is 11.2. The first kappa shape index (κ1) is 12.8. The summed E-state index contributed by atoms with van der Waals surface area (Å²) in [4.78, 5) is 17.5. The lowest BCUT2D eigenvalue weighted by molar-refractivity contribution is 0.0697. The number of carbonyl (C=O) groups is 1. The lowest BCUT2D eigenvalue weighted by Gasteiger charge is -2.34. The number of aromatic carboxylic acids is 1. The van der Waals surface area contributed by atoms with Crippen molar-refractivity contribution in [1.82, 2.24) is 10.3 Å². The topological polar surface area (TPSA) is 65.5 Å². The van der Waals surface area contributed by atoms with Crippen LogP contribution >= 0.6 is 0 Å². The van der Waals surface area contributed by atoms with E-state index in [0.29, 0.717) is 17.3 Å². The predicted molar refractivity (Wildman–Crippen MR) is 70.1 cm³/mol. The van der Waals surface area contributed by atoms with Crippen molar-refractivity contribution < 1.29 is 9.90 Å². The Labute approximate surface area is 107 Å². The smallest absolute Gasteiger partial charge is 0.339 e. The van der Waals surface area contributed by atoms with Crippen molar-refractivity contribution in [3.63, 3.8) is 0 Å². The Bertz CT molecular complexity index is 420. The van der Waals surface area contributed by atoms with Crippen molar-refractivity contribution in [1.29, 1.82) is 0 Å². The van der Waals surface area contributed by atoms with Crippen molar-refractivity contribution in [3.8, 4) is 0 Å². The molecule has 2 rings (SSSR count). The second kappa shape index (κ2) is 5.82. The van der Waals surface area contributed by atoms with Crippen LogP contribution in [0.25, 0.3) is 0 Å². The molecule has 5 heteroatoms. The maximum atomic E-state index is 11.2. The largest absolute Gasteiger partial charge is 0.478 e. The van der Waals surface area contributed by atoms with E-state index in [4.69, 9.17) is 0 Å². The highest BCUT2D eigenvalue weighted by atomic mass is 16.4. The van der Waals surface area contributed by atoms with E-state index >= 15 is 0 Å². The fourth-order valence-corrected chi connectivity index (χ4v) is 2.53. The molecular formula is C13H19N3O2. The first-order valence-electron chi connectivity index (χ1n) is 6.30. The highest BCUT2D eigenvalue weighted by Crippen LogP contribution is 2.24. The van der Waals surface area contributed by atoms with Gasteiger partial charge in [-0.2, -0.15) is 0 Å². The number of carboxylic acid groups (broad SMARTS) is 1. The van der Waals surface area contributed by atoms with Gasteiger partial charge in [-0.05, 0) is 44.5 Å². The monoisotopic (exact) mass is 249 g/mol. The molecule has 1 aliphatic rings. The predicted octanol–water partition coefficient (Wildman–Crippen LogP) is 1.22. The van der Waals surface area contributed by atoms with E-state index in [9.17, 15) is 9.90 Å². The number of piperidine rings is 1. The summed E-state index contributed by atoms with van der Waals surface area (Å²) in [5.41, 5.74) is 0.294. The van der Waals surface area contributed by atoms with Crippen molar-refractivity contribution >= 4 is 11.8 Å². The number of anilines is 1. The standard InChI is InChI=1S/C13H19N3O2/c1-14-8-10-4-3-7-16(9-10)12-11(13(17)18)5-2-6-15-12/h2,5-6,10,14H,3-4,7-9H2,1H3,(H,17,18). The minimum Gasteiger partial charge on any atom is -0.478 e. The third kappa shape index (κ3) is 2.79. The Morgan fingerprint density at radius 1 is 1.67 bits per heavy atom. The van der Waals surface area contributed by atoms with Crippen LogP contribution in [0.5, 0.6) is 0 Å². The summed E-state index contributed by atoms with van der Waals surface area (Å²) >= 11 is 0. The average Bonchev–Trinajstić information content (AvgIpc) is 2.39. The van der Waals surface area contributed by atoms with Crippen LogP contribution < -0.4 is 10.2 Å². The van der Waals surface area contributed by atoms with E-state index in [1.165, 1.54) is 6.42 Å². The lowest BCUT2D eigenvalue weighted by Crippen LogP contribution is -2.40. The molecule has 1 aromatic rings. The van der Waals surface area contributed by atoms with Gasteiger partial charge < -0.3 is 15.3 Å². The van der Waals surface area contributed by atoms with Gasteiger partial charge in [0.15, 0.2) is 0 Å². The molecule has 0 aliphatic carbocycles. The third-order valence-corrected chi connectivity index (χ3v) is 3.33. The van der Waals surface area contributed by atoms with Crippen molar-refractivity contribution in [2.45, 2.75) is 12.8 Å². The van der Waals surface area contributed by atoms with Gasteiger partial charge in [-0.1, -0.05) is 0 Å².